The van der Waals surface area contributed by atoms with E-state index in [1.807, 2.05) is 67.8 Å². The molecule has 0 aliphatic rings. The van der Waals surface area contributed by atoms with Gasteiger partial charge in [-0.25, -0.2) is 4.98 Å². The molecule has 130 valence electrons. The minimum absolute atomic E-state index is 0.0603. The quantitative estimate of drug-likeness (QED) is 0.778. The van der Waals surface area contributed by atoms with E-state index in [-0.39, 0.29) is 12.5 Å². The number of aryl methyl sites for hydroxylation is 2. The normalized spacial score (nSPS) is 11.0. The molecule has 0 aliphatic carbocycles. The van der Waals surface area contributed by atoms with Gasteiger partial charge in [-0.3, -0.25) is 9.20 Å². The lowest BCUT2D eigenvalue weighted by atomic mass is 10.1. The maximum absolute atomic E-state index is 13.2. The fourth-order valence-corrected chi connectivity index (χ4v) is 2.94. The van der Waals surface area contributed by atoms with Crippen LogP contribution in [0.1, 0.15) is 28.5 Å². The molecule has 3 aromatic rings. The van der Waals surface area contributed by atoms with Gasteiger partial charge in [-0.2, -0.15) is 0 Å². The Morgan fingerprint density at radius 1 is 1.12 bits per heavy atom. The van der Waals surface area contributed by atoms with E-state index in [1.165, 1.54) is 0 Å². The van der Waals surface area contributed by atoms with Gasteiger partial charge in [0, 0.05) is 24.8 Å². The Balaban J connectivity index is 2.22. The molecular formula is C20H23N3O2. The lowest BCUT2D eigenvalue weighted by Gasteiger charge is -2.20. The van der Waals surface area contributed by atoms with Crippen LogP contribution in [-0.4, -0.2) is 45.0 Å². The maximum Gasteiger partial charge on any atom is 0.273 e. The number of aromatic nitrogens is 2. The monoisotopic (exact) mass is 337 g/mol. The number of fused-ring (bicyclic) bond motifs is 1. The van der Waals surface area contributed by atoms with Crippen molar-refractivity contribution < 1.29 is 9.90 Å². The van der Waals surface area contributed by atoms with Crippen molar-refractivity contribution in [2.45, 2.75) is 20.8 Å². The minimum Gasteiger partial charge on any atom is -0.395 e. The van der Waals surface area contributed by atoms with Crippen LogP contribution in [0.3, 0.4) is 0 Å². The number of likely N-dealkylation sites (N-methyl/N-ethyl adjacent to an activating group) is 1. The number of amides is 1. The van der Waals surface area contributed by atoms with Crippen molar-refractivity contribution in [3.05, 3.63) is 59.4 Å². The summed E-state index contributed by atoms with van der Waals surface area (Å²) in [4.78, 5) is 19.5. The highest BCUT2D eigenvalue weighted by atomic mass is 16.3. The zero-order chi connectivity index (χ0) is 18.0. The highest BCUT2D eigenvalue weighted by Crippen LogP contribution is 2.26. The van der Waals surface area contributed by atoms with Gasteiger partial charge in [0.1, 0.15) is 17.0 Å². The molecule has 5 nitrogen and oxygen atoms in total. The summed E-state index contributed by atoms with van der Waals surface area (Å²) in [6.07, 6.45) is 1.93. The van der Waals surface area contributed by atoms with Crippen LogP contribution in [0, 0.1) is 13.8 Å². The Kier molecular flexibility index (Phi) is 4.86. The Bertz CT molecular complexity index is 897. The molecule has 0 unspecified atom stereocenters. The van der Waals surface area contributed by atoms with Crippen molar-refractivity contribution in [2.24, 2.45) is 0 Å². The summed E-state index contributed by atoms with van der Waals surface area (Å²) in [5.41, 5.74) is 5.08. The molecule has 1 N–H and O–H groups in total. The maximum atomic E-state index is 13.2. The van der Waals surface area contributed by atoms with Crippen LogP contribution in [0.2, 0.25) is 0 Å². The summed E-state index contributed by atoms with van der Waals surface area (Å²) in [5, 5.41) is 9.27. The van der Waals surface area contributed by atoms with E-state index in [0.29, 0.717) is 24.5 Å². The second kappa shape index (κ2) is 7.07. The Morgan fingerprint density at radius 2 is 1.80 bits per heavy atom. The number of carbonyl (C=O) groups excluding carboxylic acids is 1. The van der Waals surface area contributed by atoms with E-state index >= 15 is 0 Å². The number of carbonyl (C=O) groups is 1. The molecule has 0 aliphatic heterocycles. The van der Waals surface area contributed by atoms with Crippen LogP contribution in [0.15, 0.2) is 42.6 Å². The second-order valence-electron chi connectivity index (χ2n) is 6.22. The standard InChI is InChI=1S/C20H23N3O2/c1-4-22(11-12-24)20(25)19-18(16-8-5-14(2)6-9-16)21-17-10-7-15(3)13-23(17)19/h5-10,13,24H,4,11-12H2,1-3H3. The molecule has 0 radical (unpaired) electrons. The molecule has 0 atom stereocenters. The molecule has 1 aromatic carbocycles. The first-order valence-corrected chi connectivity index (χ1v) is 8.51. The van der Waals surface area contributed by atoms with Crippen LogP contribution >= 0.6 is 0 Å². The number of imidazole rings is 1. The largest absolute Gasteiger partial charge is 0.395 e. The first-order chi connectivity index (χ1) is 12.0. The number of rotatable bonds is 5. The number of nitrogens with zero attached hydrogens (tertiary/aromatic N) is 3. The first-order valence-electron chi connectivity index (χ1n) is 8.51. The van der Waals surface area contributed by atoms with Gasteiger partial charge in [0.2, 0.25) is 0 Å². The molecule has 5 heteroatoms. The van der Waals surface area contributed by atoms with Gasteiger partial charge in [-0.05, 0) is 32.4 Å². The van der Waals surface area contributed by atoms with Crippen molar-refractivity contribution >= 4 is 11.6 Å². The molecule has 0 spiro atoms. The topological polar surface area (TPSA) is 57.8 Å². The second-order valence-corrected chi connectivity index (χ2v) is 6.22. The number of hydrogen-bond acceptors (Lipinski definition) is 3. The molecule has 2 aromatic heterocycles. The highest BCUT2D eigenvalue weighted by Gasteiger charge is 2.24. The SMILES string of the molecule is CCN(CCO)C(=O)c1c(-c2ccc(C)cc2)nc2ccc(C)cn12. The van der Waals surface area contributed by atoms with Gasteiger partial charge in [0.25, 0.3) is 5.91 Å². The summed E-state index contributed by atoms with van der Waals surface area (Å²) >= 11 is 0. The van der Waals surface area contributed by atoms with E-state index in [1.54, 1.807) is 4.90 Å². The summed E-state index contributed by atoms with van der Waals surface area (Å²) in [6, 6.07) is 11.9. The van der Waals surface area contributed by atoms with Crippen molar-refractivity contribution in [1.82, 2.24) is 14.3 Å². The number of aliphatic hydroxyl groups is 1. The van der Waals surface area contributed by atoms with Crippen LogP contribution in [0.25, 0.3) is 16.9 Å². The first kappa shape index (κ1) is 17.2. The average Bonchev–Trinajstić information content (AvgIpc) is 2.98. The van der Waals surface area contributed by atoms with Crippen molar-refractivity contribution in [1.29, 1.82) is 0 Å². The molecule has 2 heterocycles. The van der Waals surface area contributed by atoms with Crippen LogP contribution in [0.5, 0.6) is 0 Å². The zero-order valence-electron chi connectivity index (χ0n) is 14.9. The van der Waals surface area contributed by atoms with Gasteiger partial charge in [-0.15, -0.1) is 0 Å². The molecule has 0 bridgehead atoms. The van der Waals surface area contributed by atoms with E-state index in [0.717, 1.165) is 22.3 Å². The van der Waals surface area contributed by atoms with Gasteiger partial charge in [-0.1, -0.05) is 35.9 Å². The van der Waals surface area contributed by atoms with Gasteiger partial charge >= 0.3 is 0 Å². The predicted molar refractivity (Wildman–Crippen MR) is 98.8 cm³/mol. The number of benzene rings is 1. The van der Waals surface area contributed by atoms with E-state index in [2.05, 4.69) is 0 Å². The third kappa shape index (κ3) is 3.28. The average molecular weight is 337 g/mol. The lowest BCUT2D eigenvalue weighted by molar-refractivity contribution is 0.0726. The van der Waals surface area contributed by atoms with Crippen LogP contribution in [-0.2, 0) is 0 Å². The minimum atomic E-state index is -0.120. The highest BCUT2D eigenvalue weighted by molar-refractivity contribution is 5.99. The Labute approximate surface area is 147 Å². The summed E-state index contributed by atoms with van der Waals surface area (Å²) < 4.78 is 1.85. The van der Waals surface area contributed by atoms with Crippen LogP contribution in [0.4, 0.5) is 0 Å². The van der Waals surface area contributed by atoms with Crippen LogP contribution < -0.4 is 0 Å². The number of aliphatic hydroxyl groups excluding tert-OH is 1. The smallest absolute Gasteiger partial charge is 0.273 e. The van der Waals surface area contributed by atoms with Crippen molar-refractivity contribution in [2.75, 3.05) is 19.7 Å². The summed E-state index contributed by atoms with van der Waals surface area (Å²) in [7, 11) is 0. The third-order valence-corrected chi connectivity index (χ3v) is 4.33. The molecular weight excluding hydrogens is 314 g/mol. The molecule has 0 fully saturated rings. The summed E-state index contributed by atoms with van der Waals surface area (Å²) in [5.74, 6) is -0.120. The third-order valence-electron chi connectivity index (χ3n) is 4.33. The number of pyridine rings is 1. The van der Waals surface area contributed by atoms with Gasteiger partial charge in [0.15, 0.2) is 0 Å². The van der Waals surface area contributed by atoms with E-state index in [9.17, 15) is 9.90 Å². The van der Waals surface area contributed by atoms with Gasteiger partial charge in [0.05, 0.1) is 6.61 Å². The molecule has 0 saturated heterocycles. The lowest BCUT2D eigenvalue weighted by Crippen LogP contribution is -2.34. The fourth-order valence-electron chi connectivity index (χ4n) is 2.94. The van der Waals surface area contributed by atoms with E-state index < -0.39 is 0 Å². The zero-order valence-corrected chi connectivity index (χ0v) is 14.9. The molecule has 1 amide bonds. The molecule has 3 rings (SSSR count). The Hall–Kier alpha value is -2.66. The van der Waals surface area contributed by atoms with Crippen molar-refractivity contribution in [3.8, 4) is 11.3 Å². The Morgan fingerprint density at radius 3 is 2.44 bits per heavy atom. The predicted octanol–water partition coefficient (Wildman–Crippen LogP) is 3.07. The van der Waals surface area contributed by atoms with E-state index in [4.69, 9.17) is 4.98 Å². The fraction of sp³-hybridized carbons (Fsp3) is 0.300. The summed E-state index contributed by atoms with van der Waals surface area (Å²) in [6.45, 7) is 6.71. The molecule has 25 heavy (non-hydrogen) atoms. The van der Waals surface area contributed by atoms with Gasteiger partial charge < -0.3 is 10.0 Å². The molecule has 0 saturated carbocycles. The van der Waals surface area contributed by atoms with Crippen molar-refractivity contribution in [3.63, 3.8) is 0 Å². The number of hydrogen-bond donors (Lipinski definition) is 1.